The first-order valence-corrected chi connectivity index (χ1v) is 8.67. The van der Waals surface area contributed by atoms with Crippen molar-refractivity contribution in [3.05, 3.63) is 24.3 Å². The van der Waals surface area contributed by atoms with E-state index in [9.17, 15) is 21.6 Å². The molecule has 1 aromatic rings. The van der Waals surface area contributed by atoms with Gasteiger partial charge in [0.2, 0.25) is 10.0 Å². The largest absolute Gasteiger partial charge is 0.446 e. The number of nitrogens with two attached hydrogens (primary N) is 1. The Morgan fingerprint density at radius 3 is 2.29 bits per heavy atom. The molecule has 11 heteroatoms. The van der Waals surface area contributed by atoms with Crippen LogP contribution in [-0.4, -0.2) is 29.0 Å². The Bertz CT molecular complexity index is 727. The molecule has 118 valence electrons. The van der Waals surface area contributed by atoms with Crippen LogP contribution in [-0.2, 0) is 25.0 Å². The highest BCUT2D eigenvalue weighted by molar-refractivity contribution is 7.91. The van der Waals surface area contributed by atoms with Crippen molar-refractivity contribution in [1.29, 1.82) is 0 Å². The Morgan fingerprint density at radius 2 is 1.76 bits per heavy atom. The van der Waals surface area contributed by atoms with Gasteiger partial charge in [0.1, 0.15) is 4.90 Å². The highest BCUT2D eigenvalue weighted by Gasteiger charge is 2.20. The first-order chi connectivity index (χ1) is 9.51. The number of benzene rings is 1. The maximum atomic E-state index is 11.7. The van der Waals surface area contributed by atoms with Crippen LogP contribution in [0.15, 0.2) is 29.2 Å². The summed E-state index contributed by atoms with van der Waals surface area (Å²) < 4.78 is 54.2. The number of carbonyl (C=O) groups is 1. The molecule has 0 atom stereocenters. The quantitative estimate of drug-likeness (QED) is 0.696. The molecule has 0 saturated carbocycles. The standard InChI is InChI=1S/C10H15N3O6S2/c1-7(2)19-10(14)13-21(17,18)12-8-5-3-4-6-9(8)20(11,15)16/h3-7,12H,1-2H3,(H,13,14)(H2,11,15,16). The van der Waals surface area contributed by atoms with Crippen LogP contribution in [0, 0.1) is 0 Å². The van der Waals surface area contributed by atoms with E-state index in [4.69, 9.17) is 5.14 Å². The van der Waals surface area contributed by atoms with Crippen molar-refractivity contribution in [3.8, 4) is 0 Å². The maximum Gasteiger partial charge on any atom is 0.422 e. The summed E-state index contributed by atoms with van der Waals surface area (Å²) in [5.41, 5.74) is -0.287. The molecule has 0 heterocycles. The van der Waals surface area contributed by atoms with Gasteiger partial charge in [0.25, 0.3) is 0 Å². The van der Waals surface area contributed by atoms with E-state index in [1.165, 1.54) is 32.0 Å². The molecule has 0 spiro atoms. The van der Waals surface area contributed by atoms with Crippen molar-refractivity contribution in [2.24, 2.45) is 5.14 Å². The van der Waals surface area contributed by atoms with Gasteiger partial charge in [-0.15, -0.1) is 0 Å². The van der Waals surface area contributed by atoms with Crippen LogP contribution in [0.25, 0.3) is 0 Å². The third-order valence-electron chi connectivity index (χ3n) is 2.00. The normalized spacial score (nSPS) is 12.0. The van der Waals surface area contributed by atoms with Crippen LogP contribution in [0.3, 0.4) is 0 Å². The maximum absolute atomic E-state index is 11.7. The lowest BCUT2D eigenvalue weighted by Crippen LogP contribution is -2.37. The molecule has 0 aliphatic carbocycles. The summed E-state index contributed by atoms with van der Waals surface area (Å²) in [6.07, 6.45) is -1.71. The molecule has 0 radical (unpaired) electrons. The zero-order valence-corrected chi connectivity index (χ0v) is 12.9. The van der Waals surface area contributed by atoms with Crippen LogP contribution in [0.5, 0.6) is 0 Å². The van der Waals surface area contributed by atoms with Crippen LogP contribution in [0.4, 0.5) is 10.5 Å². The minimum atomic E-state index is -4.36. The van der Waals surface area contributed by atoms with Crippen molar-refractivity contribution < 1.29 is 26.4 Å². The molecule has 0 bridgehead atoms. The fourth-order valence-corrected chi connectivity index (χ4v) is 2.86. The van der Waals surface area contributed by atoms with E-state index in [1.807, 2.05) is 4.72 Å². The molecule has 9 nitrogen and oxygen atoms in total. The molecule has 1 aromatic carbocycles. The van der Waals surface area contributed by atoms with Crippen molar-refractivity contribution >= 4 is 32.0 Å². The number of carbonyl (C=O) groups excluding carboxylic acids is 1. The van der Waals surface area contributed by atoms with Gasteiger partial charge in [-0.05, 0) is 26.0 Å². The molecule has 0 aliphatic heterocycles. The number of anilines is 1. The second kappa shape index (κ2) is 6.28. The number of hydrogen-bond donors (Lipinski definition) is 3. The van der Waals surface area contributed by atoms with Gasteiger partial charge >= 0.3 is 16.3 Å². The van der Waals surface area contributed by atoms with E-state index in [0.29, 0.717) is 0 Å². The van der Waals surface area contributed by atoms with Gasteiger partial charge < -0.3 is 4.74 Å². The van der Waals surface area contributed by atoms with Gasteiger partial charge in [0.05, 0.1) is 11.8 Å². The summed E-state index contributed by atoms with van der Waals surface area (Å²) in [5, 5.41) is 4.97. The van der Waals surface area contributed by atoms with Crippen molar-refractivity contribution in [3.63, 3.8) is 0 Å². The summed E-state index contributed by atoms with van der Waals surface area (Å²) >= 11 is 0. The lowest BCUT2D eigenvalue weighted by Gasteiger charge is -2.13. The van der Waals surface area contributed by atoms with Crippen molar-refractivity contribution in [2.45, 2.75) is 24.8 Å². The first-order valence-electron chi connectivity index (χ1n) is 5.64. The fourth-order valence-electron chi connectivity index (χ4n) is 1.32. The molecule has 0 unspecified atom stereocenters. The van der Waals surface area contributed by atoms with E-state index in [0.717, 1.165) is 6.07 Å². The third kappa shape index (κ3) is 5.57. The van der Waals surface area contributed by atoms with Gasteiger partial charge in [0.15, 0.2) is 0 Å². The number of nitrogens with one attached hydrogen (secondary N) is 2. The smallest absolute Gasteiger partial charge is 0.422 e. The van der Waals surface area contributed by atoms with Crippen LogP contribution in [0.2, 0.25) is 0 Å². The van der Waals surface area contributed by atoms with Crippen LogP contribution >= 0.6 is 0 Å². The summed E-state index contributed by atoms with van der Waals surface area (Å²) in [5.74, 6) is 0. The minimum Gasteiger partial charge on any atom is -0.446 e. The Kier molecular flexibility index (Phi) is 5.15. The predicted molar refractivity (Wildman–Crippen MR) is 75.1 cm³/mol. The molecule has 0 aromatic heterocycles. The number of rotatable bonds is 5. The topological polar surface area (TPSA) is 145 Å². The highest BCUT2D eigenvalue weighted by Crippen LogP contribution is 2.20. The average Bonchev–Trinajstić information content (AvgIpc) is 2.24. The van der Waals surface area contributed by atoms with Gasteiger partial charge in [-0.2, -0.15) is 8.42 Å². The summed E-state index contributed by atoms with van der Waals surface area (Å²) in [6, 6.07) is 5.09. The second-order valence-electron chi connectivity index (χ2n) is 4.20. The molecule has 4 N–H and O–H groups in total. The minimum absolute atomic E-state index is 0.287. The van der Waals surface area contributed by atoms with Crippen LogP contribution < -0.4 is 14.6 Å². The summed E-state index contributed by atoms with van der Waals surface area (Å²) in [6.45, 7) is 3.08. The fraction of sp³-hybridized carbons (Fsp3) is 0.300. The molecular weight excluding hydrogens is 322 g/mol. The van der Waals surface area contributed by atoms with Gasteiger partial charge in [0, 0.05) is 0 Å². The highest BCUT2D eigenvalue weighted by atomic mass is 32.2. The number of amides is 1. The van der Waals surface area contributed by atoms with Crippen molar-refractivity contribution in [2.75, 3.05) is 4.72 Å². The number of primary sulfonamides is 1. The molecular formula is C10H15N3O6S2. The van der Waals surface area contributed by atoms with E-state index >= 15 is 0 Å². The third-order valence-corrected chi connectivity index (χ3v) is 3.89. The number of hydrogen-bond acceptors (Lipinski definition) is 6. The predicted octanol–water partition coefficient (Wildman–Crippen LogP) is 0.125. The molecule has 21 heavy (non-hydrogen) atoms. The monoisotopic (exact) mass is 337 g/mol. The average molecular weight is 337 g/mol. The molecule has 0 fully saturated rings. The van der Waals surface area contributed by atoms with Gasteiger partial charge in [-0.25, -0.2) is 23.1 Å². The summed E-state index contributed by atoms with van der Waals surface area (Å²) in [4.78, 5) is 10.8. The zero-order chi connectivity index (χ0) is 16.3. The van der Waals surface area contributed by atoms with Gasteiger partial charge in [-0.3, -0.25) is 4.72 Å². The van der Waals surface area contributed by atoms with E-state index in [2.05, 4.69) is 4.74 Å². The van der Waals surface area contributed by atoms with Gasteiger partial charge in [-0.1, -0.05) is 12.1 Å². The Hall–Kier alpha value is -1.85. The second-order valence-corrected chi connectivity index (χ2v) is 7.15. The lowest BCUT2D eigenvalue weighted by atomic mass is 10.3. The molecule has 0 aliphatic rings. The molecule has 0 saturated heterocycles. The van der Waals surface area contributed by atoms with E-state index in [1.54, 1.807) is 4.72 Å². The van der Waals surface area contributed by atoms with E-state index in [-0.39, 0.29) is 5.69 Å². The van der Waals surface area contributed by atoms with Crippen LogP contribution in [0.1, 0.15) is 13.8 Å². The Balaban J connectivity index is 2.98. The van der Waals surface area contributed by atoms with E-state index < -0.39 is 37.3 Å². The number of para-hydroxylation sites is 1. The number of ether oxygens (including phenoxy) is 1. The summed E-state index contributed by atoms with van der Waals surface area (Å²) in [7, 11) is -8.48. The number of sulfonamides is 1. The zero-order valence-electron chi connectivity index (χ0n) is 11.2. The lowest BCUT2D eigenvalue weighted by molar-refractivity contribution is 0.121. The SMILES string of the molecule is CC(C)OC(=O)NS(=O)(=O)Nc1ccccc1S(N)(=O)=O. The Morgan fingerprint density at radius 1 is 1.19 bits per heavy atom. The molecule has 1 amide bonds. The van der Waals surface area contributed by atoms with Crippen molar-refractivity contribution in [1.82, 2.24) is 4.72 Å². The Labute approximate surface area is 122 Å². The first kappa shape index (κ1) is 17.2. The molecule has 1 rings (SSSR count).